The summed E-state index contributed by atoms with van der Waals surface area (Å²) in [5.74, 6) is 0.304. The molecule has 0 saturated carbocycles. The Kier molecular flexibility index (Phi) is 5.61. The van der Waals surface area contributed by atoms with Gasteiger partial charge in [0.15, 0.2) is 0 Å². The molecule has 1 unspecified atom stereocenters. The lowest BCUT2D eigenvalue weighted by atomic mass is 9.81. The van der Waals surface area contributed by atoms with E-state index in [0.29, 0.717) is 6.04 Å². The highest BCUT2D eigenvalue weighted by Crippen LogP contribution is 2.39. The van der Waals surface area contributed by atoms with E-state index in [-0.39, 0.29) is 11.8 Å². The number of fused-ring (bicyclic) bond motifs is 2. The zero-order valence-electron chi connectivity index (χ0n) is 18.2. The van der Waals surface area contributed by atoms with E-state index >= 15 is 0 Å². The van der Waals surface area contributed by atoms with E-state index in [9.17, 15) is 4.79 Å². The lowest BCUT2D eigenvalue weighted by molar-refractivity contribution is -0.137. The van der Waals surface area contributed by atoms with Crippen LogP contribution >= 0.6 is 0 Å². The zero-order valence-corrected chi connectivity index (χ0v) is 18.2. The molecule has 158 valence electrons. The summed E-state index contributed by atoms with van der Waals surface area (Å²) in [6.07, 6.45) is 1.82. The molecule has 0 radical (unpaired) electrons. The van der Waals surface area contributed by atoms with Gasteiger partial charge in [-0.15, -0.1) is 0 Å². The molecule has 1 atom stereocenters. The summed E-state index contributed by atoms with van der Waals surface area (Å²) < 4.78 is 0. The van der Waals surface area contributed by atoms with Gasteiger partial charge >= 0.3 is 0 Å². The van der Waals surface area contributed by atoms with Crippen molar-refractivity contribution in [3.05, 3.63) is 107 Å². The third-order valence-corrected chi connectivity index (χ3v) is 6.88. The van der Waals surface area contributed by atoms with Crippen molar-refractivity contribution in [3.8, 4) is 0 Å². The lowest BCUT2D eigenvalue weighted by Gasteiger charge is -2.42. The Morgan fingerprint density at radius 2 is 1.35 bits per heavy atom. The monoisotopic (exact) mass is 410 g/mol. The summed E-state index contributed by atoms with van der Waals surface area (Å²) in [7, 11) is 0. The average molecular weight is 411 g/mol. The molecule has 3 nitrogen and oxygen atoms in total. The average Bonchev–Trinajstić information content (AvgIpc) is 2.83. The number of rotatable bonds is 4. The fraction of sp³-hybridized carbons (Fsp3) is 0.321. The van der Waals surface area contributed by atoms with Gasteiger partial charge in [-0.05, 0) is 40.7 Å². The first-order chi connectivity index (χ1) is 15.2. The van der Waals surface area contributed by atoms with Crippen molar-refractivity contribution in [2.75, 3.05) is 26.2 Å². The summed E-state index contributed by atoms with van der Waals surface area (Å²) in [6.45, 7) is 5.50. The molecule has 1 saturated heterocycles. The maximum absolute atomic E-state index is 13.1. The van der Waals surface area contributed by atoms with E-state index in [0.717, 1.165) is 39.0 Å². The molecule has 31 heavy (non-hydrogen) atoms. The summed E-state index contributed by atoms with van der Waals surface area (Å²) in [6, 6.07) is 28.3. The van der Waals surface area contributed by atoms with E-state index in [1.54, 1.807) is 0 Å². The second-order valence-electron chi connectivity index (χ2n) is 8.93. The van der Waals surface area contributed by atoms with Crippen molar-refractivity contribution >= 4 is 5.91 Å². The van der Waals surface area contributed by atoms with Crippen molar-refractivity contribution in [2.45, 2.75) is 25.8 Å². The van der Waals surface area contributed by atoms with Crippen LogP contribution in [0.3, 0.4) is 0 Å². The fourth-order valence-corrected chi connectivity index (χ4v) is 5.26. The Hall–Kier alpha value is -2.91. The summed E-state index contributed by atoms with van der Waals surface area (Å²) >= 11 is 0. The van der Waals surface area contributed by atoms with Crippen molar-refractivity contribution < 1.29 is 4.79 Å². The number of nitrogens with zero attached hydrogens (tertiary/aromatic N) is 2. The molecule has 1 heterocycles. The first-order valence-electron chi connectivity index (χ1n) is 11.4. The van der Waals surface area contributed by atoms with Gasteiger partial charge in [-0.1, -0.05) is 85.8 Å². The molecule has 3 aromatic rings. The number of amides is 1. The van der Waals surface area contributed by atoms with Crippen LogP contribution in [0.2, 0.25) is 0 Å². The van der Waals surface area contributed by atoms with E-state index in [1.807, 2.05) is 18.2 Å². The van der Waals surface area contributed by atoms with Gasteiger partial charge in [0.2, 0.25) is 5.91 Å². The Labute approximate surface area is 185 Å². The molecule has 1 fully saturated rings. The lowest BCUT2D eigenvalue weighted by Crippen LogP contribution is -2.51. The summed E-state index contributed by atoms with van der Waals surface area (Å²) in [5, 5.41) is 0. The van der Waals surface area contributed by atoms with Crippen LogP contribution in [0.1, 0.15) is 40.8 Å². The standard InChI is InChI=1S/C28H30N2O/c1-21(19-22-9-3-2-4-10-22)28(31)30-17-15-29(16-18-30)27-25-13-7-5-11-23(25)20-24-12-6-8-14-26(24)27/h2-14,21,27H,15-20H2,1H3. The van der Waals surface area contributed by atoms with Crippen LogP contribution in [0.4, 0.5) is 0 Å². The second kappa shape index (κ2) is 8.68. The van der Waals surface area contributed by atoms with E-state index < -0.39 is 0 Å². The SMILES string of the molecule is CC(Cc1ccccc1)C(=O)N1CCN(C2c3ccccc3Cc3ccccc32)CC1. The van der Waals surface area contributed by atoms with E-state index in [2.05, 4.69) is 77.4 Å². The molecule has 0 bridgehead atoms. The third-order valence-electron chi connectivity index (χ3n) is 6.88. The maximum Gasteiger partial charge on any atom is 0.225 e. The minimum atomic E-state index is 0.0186. The van der Waals surface area contributed by atoms with Gasteiger partial charge in [0.25, 0.3) is 0 Å². The molecule has 2 aliphatic rings. The molecule has 0 aromatic heterocycles. The molecular formula is C28H30N2O. The number of benzene rings is 3. The Morgan fingerprint density at radius 1 is 0.806 bits per heavy atom. The van der Waals surface area contributed by atoms with Crippen LogP contribution in [0.25, 0.3) is 0 Å². The van der Waals surface area contributed by atoms with Crippen LogP contribution in [0.5, 0.6) is 0 Å². The van der Waals surface area contributed by atoms with Crippen molar-refractivity contribution in [2.24, 2.45) is 5.92 Å². The zero-order chi connectivity index (χ0) is 21.2. The first-order valence-corrected chi connectivity index (χ1v) is 11.4. The first kappa shape index (κ1) is 20.0. The Bertz CT molecular complexity index is 1010. The maximum atomic E-state index is 13.1. The van der Waals surface area contributed by atoms with E-state index in [1.165, 1.54) is 27.8 Å². The minimum absolute atomic E-state index is 0.0186. The summed E-state index contributed by atoms with van der Waals surface area (Å²) in [5.41, 5.74) is 6.96. The second-order valence-corrected chi connectivity index (χ2v) is 8.93. The van der Waals surface area contributed by atoms with Crippen LogP contribution in [0, 0.1) is 5.92 Å². The quantitative estimate of drug-likeness (QED) is 0.622. The number of carbonyl (C=O) groups is 1. The number of piperazine rings is 1. The van der Waals surface area contributed by atoms with Gasteiger partial charge in [0, 0.05) is 32.1 Å². The molecule has 0 spiro atoms. The molecule has 3 aromatic carbocycles. The number of hydrogen-bond donors (Lipinski definition) is 0. The highest BCUT2D eigenvalue weighted by atomic mass is 16.2. The normalized spacial score (nSPS) is 17.6. The number of hydrogen-bond acceptors (Lipinski definition) is 2. The topological polar surface area (TPSA) is 23.6 Å². The van der Waals surface area contributed by atoms with Crippen LogP contribution in [0.15, 0.2) is 78.9 Å². The Morgan fingerprint density at radius 3 is 1.97 bits per heavy atom. The molecule has 1 aliphatic heterocycles. The Balaban J connectivity index is 1.29. The largest absolute Gasteiger partial charge is 0.340 e. The summed E-state index contributed by atoms with van der Waals surface area (Å²) in [4.78, 5) is 17.7. The molecular weight excluding hydrogens is 380 g/mol. The molecule has 5 rings (SSSR count). The van der Waals surface area contributed by atoms with Crippen molar-refractivity contribution in [1.29, 1.82) is 0 Å². The van der Waals surface area contributed by atoms with Gasteiger partial charge in [0.1, 0.15) is 0 Å². The van der Waals surface area contributed by atoms with Crippen molar-refractivity contribution in [1.82, 2.24) is 9.80 Å². The molecule has 1 amide bonds. The van der Waals surface area contributed by atoms with Gasteiger partial charge < -0.3 is 4.90 Å². The molecule has 1 aliphatic carbocycles. The van der Waals surface area contributed by atoms with Crippen LogP contribution < -0.4 is 0 Å². The minimum Gasteiger partial charge on any atom is -0.340 e. The highest BCUT2D eigenvalue weighted by molar-refractivity contribution is 5.79. The predicted octanol–water partition coefficient (Wildman–Crippen LogP) is 4.70. The molecule has 0 N–H and O–H groups in total. The predicted molar refractivity (Wildman–Crippen MR) is 125 cm³/mol. The van der Waals surface area contributed by atoms with Crippen molar-refractivity contribution in [3.63, 3.8) is 0 Å². The van der Waals surface area contributed by atoms with E-state index in [4.69, 9.17) is 0 Å². The van der Waals surface area contributed by atoms with Crippen LogP contribution in [-0.4, -0.2) is 41.9 Å². The van der Waals surface area contributed by atoms with Gasteiger partial charge in [-0.25, -0.2) is 0 Å². The smallest absolute Gasteiger partial charge is 0.225 e. The molecule has 3 heteroatoms. The van der Waals surface area contributed by atoms with Gasteiger partial charge in [-0.2, -0.15) is 0 Å². The van der Waals surface area contributed by atoms with Crippen LogP contribution in [-0.2, 0) is 17.6 Å². The highest BCUT2D eigenvalue weighted by Gasteiger charge is 2.33. The van der Waals surface area contributed by atoms with Gasteiger partial charge in [0.05, 0.1) is 6.04 Å². The fourth-order valence-electron chi connectivity index (χ4n) is 5.26. The number of carbonyl (C=O) groups excluding carboxylic acids is 1. The van der Waals surface area contributed by atoms with Gasteiger partial charge in [-0.3, -0.25) is 9.69 Å². The third kappa shape index (κ3) is 4.03.